The SMILES string of the molecule is CCOc1ccccc1OCCOc1ccc(CBr)cc1. The van der Waals surface area contributed by atoms with Crippen molar-refractivity contribution in [1.82, 2.24) is 0 Å². The Morgan fingerprint density at radius 3 is 2.05 bits per heavy atom. The molecule has 0 saturated carbocycles. The van der Waals surface area contributed by atoms with Gasteiger partial charge in [-0.2, -0.15) is 0 Å². The molecule has 112 valence electrons. The zero-order chi connectivity index (χ0) is 14.9. The van der Waals surface area contributed by atoms with Crippen LogP contribution >= 0.6 is 15.9 Å². The molecule has 21 heavy (non-hydrogen) atoms. The second-order valence-corrected chi connectivity index (χ2v) is 4.91. The Labute approximate surface area is 134 Å². The summed E-state index contributed by atoms with van der Waals surface area (Å²) >= 11 is 3.42. The maximum absolute atomic E-state index is 5.70. The molecule has 0 spiro atoms. The standard InChI is InChI=1S/C17H19BrO3/c1-2-19-16-5-3-4-6-17(16)21-12-11-20-15-9-7-14(13-18)8-10-15/h3-10H,2,11-13H2,1H3. The lowest BCUT2D eigenvalue weighted by Crippen LogP contribution is -2.09. The molecule has 0 radical (unpaired) electrons. The van der Waals surface area contributed by atoms with Gasteiger partial charge in [-0.05, 0) is 36.8 Å². The summed E-state index contributed by atoms with van der Waals surface area (Å²) in [5.41, 5.74) is 1.23. The first-order chi connectivity index (χ1) is 10.3. The Hall–Kier alpha value is -1.68. The van der Waals surface area contributed by atoms with Gasteiger partial charge in [0.25, 0.3) is 0 Å². The number of ether oxygens (including phenoxy) is 3. The van der Waals surface area contributed by atoms with Crippen LogP contribution in [0, 0.1) is 0 Å². The quantitative estimate of drug-likeness (QED) is 0.520. The maximum Gasteiger partial charge on any atom is 0.161 e. The monoisotopic (exact) mass is 350 g/mol. The van der Waals surface area contributed by atoms with Gasteiger partial charge in [0.2, 0.25) is 0 Å². The van der Waals surface area contributed by atoms with E-state index in [0.717, 1.165) is 22.6 Å². The van der Waals surface area contributed by atoms with E-state index in [0.29, 0.717) is 19.8 Å². The van der Waals surface area contributed by atoms with Crippen LogP contribution in [0.4, 0.5) is 0 Å². The van der Waals surface area contributed by atoms with Gasteiger partial charge in [-0.25, -0.2) is 0 Å². The van der Waals surface area contributed by atoms with Crippen LogP contribution in [0.3, 0.4) is 0 Å². The molecule has 0 amide bonds. The molecule has 0 atom stereocenters. The van der Waals surface area contributed by atoms with Crippen LogP contribution in [0.2, 0.25) is 0 Å². The molecule has 2 aromatic rings. The van der Waals surface area contributed by atoms with Gasteiger partial charge in [0.15, 0.2) is 11.5 Å². The molecule has 0 heterocycles. The summed E-state index contributed by atoms with van der Waals surface area (Å²) in [7, 11) is 0. The molecule has 0 fully saturated rings. The highest BCUT2D eigenvalue weighted by molar-refractivity contribution is 9.08. The van der Waals surface area contributed by atoms with Crippen LogP contribution in [0.25, 0.3) is 0 Å². The van der Waals surface area contributed by atoms with Crippen LogP contribution in [0.1, 0.15) is 12.5 Å². The zero-order valence-electron chi connectivity index (χ0n) is 12.0. The van der Waals surface area contributed by atoms with E-state index in [1.54, 1.807) is 0 Å². The van der Waals surface area contributed by atoms with Crippen molar-refractivity contribution in [2.24, 2.45) is 0 Å². The van der Waals surface area contributed by atoms with Crippen LogP contribution in [0.5, 0.6) is 17.2 Å². The van der Waals surface area contributed by atoms with Gasteiger partial charge in [0.05, 0.1) is 6.61 Å². The first-order valence-electron chi connectivity index (χ1n) is 6.96. The highest BCUT2D eigenvalue weighted by Crippen LogP contribution is 2.26. The minimum absolute atomic E-state index is 0.476. The minimum Gasteiger partial charge on any atom is -0.490 e. The van der Waals surface area contributed by atoms with E-state index < -0.39 is 0 Å². The maximum atomic E-state index is 5.70. The van der Waals surface area contributed by atoms with E-state index in [2.05, 4.69) is 15.9 Å². The van der Waals surface area contributed by atoms with Crippen molar-refractivity contribution >= 4 is 15.9 Å². The highest BCUT2D eigenvalue weighted by Gasteiger charge is 2.03. The van der Waals surface area contributed by atoms with E-state index in [-0.39, 0.29) is 0 Å². The molecule has 0 saturated heterocycles. The minimum atomic E-state index is 0.476. The number of para-hydroxylation sites is 2. The molecule has 0 aliphatic rings. The molecule has 0 aliphatic carbocycles. The van der Waals surface area contributed by atoms with Crippen molar-refractivity contribution in [3.8, 4) is 17.2 Å². The topological polar surface area (TPSA) is 27.7 Å². The average molecular weight is 351 g/mol. The summed E-state index contributed by atoms with van der Waals surface area (Å²) in [4.78, 5) is 0. The third-order valence-corrected chi connectivity index (χ3v) is 3.48. The number of benzene rings is 2. The van der Waals surface area contributed by atoms with Crippen molar-refractivity contribution in [2.75, 3.05) is 19.8 Å². The average Bonchev–Trinajstić information content (AvgIpc) is 2.54. The van der Waals surface area contributed by atoms with Gasteiger partial charge in [-0.15, -0.1) is 0 Å². The van der Waals surface area contributed by atoms with Crippen molar-refractivity contribution in [1.29, 1.82) is 0 Å². The molecule has 2 aromatic carbocycles. The molecule has 2 rings (SSSR count). The van der Waals surface area contributed by atoms with E-state index >= 15 is 0 Å². The van der Waals surface area contributed by atoms with Crippen molar-refractivity contribution in [3.05, 3.63) is 54.1 Å². The Balaban J connectivity index is 1.79. The van der Waals surface area contributed by atoms with Gasteiger partial charge < -0.3 is 14.2 Å². The second kappa shape index (κ2) is 8.57. The first-order valence-corrected chi connectivity index (χ1v) is 8.08. The number of halogens is 1. The van der Waals surface area contributed by atoms with Gasteiger partial charge in [-0.1, -0.05) is 40.2 Å². The Kier molecular flexibility index (Phi) is 6.41. The molecule has 0 aromatic heterocycles. The largest absolute Gasteiger partial charge is 0.490 e. The predicted octanol–water partition coefficient (Wildman–Crippen LogP) is 4.44. The van der Waals surface area contributed by atoms with E-state index in [4.69, 9.17) is 14.2 Å². The Morgan fingerprint density at radius 1 is 0.810 bits per heavy atom. The summed E-state index contributed by atoms with van der Waals surface area (Å²) in [6.45, 7) is 3.55. The Morgan fingerprint density at radius 2 is 1.43 bits per heavy atom. The molecule has 0 aliphatic heterocycles. The molecular weight excluding hydrogens is 332 g/mol. The van der Waals surface area contributed by atoms with Crippen molar-refractivity contribution in [2.45, 2.75) is 12.3 Å². The van der Waals surface area contributed by atoms with Crippen LogP contribution in [-0.4, -0.2) is 19.8 Å². The van der Waals surface area contributed by atoms with E-state index in [1.807, 2.05) is 55.5 Å². The highest BCUT2D eigenvalue weighted by atomic mass is 79.9. The summed E-state index contributed by atoms with van der Waals surface area (Å²) < 4.78 is 16.9. The van der Waals surface area contributed by atoms with Crippen LogP contribution in [-0.2, 0) is 5.33 Å². The smallest absolute Gasteiger partial charge is 0.161 e. The summed E-state index contributed by atoms with van der Waals surface area (Å²) in [5, 5.41) is 0.852. The predicted molar refractivity (Wildman–Crippen MR) is 87.7 cm³/mol. The number of hydrogen-bond donors (Lipinski definition) is 0. The van der Waals surface area contributed by atoms with Gasteiger partial charge >= 0.3 is 0 Å². The van der Waals surface area contributed by atoms with Gasteiger partial charge in [0.1, 0.15) is 19.0 Å². The lowest BCUT2D eigenvalue weighted by molar-refractivity contribution is 0.208. The molecule has 0 bridgehead atoms. The summed E-state index contributed by atoms with van der Waals surface area (Å²) in [5.74, 6) is 2.36. The lowest BCUT2D eigenvalue weighted by Gasteiger charge is -2.12. The number of alkyl halides is 1. The Bertz CT molecular complexity index is 540. The fraction of sp³-hybridized carbons (Fsp3) is 0.294. The lowest BCUT2D eigenvalue weighted by atomic mass is 10.2. The fourth-order valence-electron chi connectivity index (χ4n) is 1.83. The molecule has 3 nitrogen and oxygen atoms in total. The zero-order valence-corrected chi connectivity index (χ0v) is 13.6. The third kappa shape index (κ3) is 4.97. The van der Waals surface area contributed by atoms with Crippen molar-refractivity contribution in [3.63, 3.8) is 0 Å². The van der Waals surface area contributed by atoms with Crippen LogP contribution in [0.15, 0.2) is 48.5 Å². The van der Waals surface area contributed by atoms with Crippen molar-refractivity contribution < 1.29 is 14.2 Å². The molecule has 4 heteroatoms. The number of rotatable bonds is 8. The normalized spacial score (nSPS) is 10.2. The fourth-order valence-corrected chi connectivity index (χ4v) is 2.20. The van der Waals surface area contributed by atoms with Gasteiger partial charge in [-0.3, -0.25) is 0 Å². The summed E-state index contributed by atoms with van der Waals surface area (Å²) in [6, 6.07) is 15.7. The molecule has 0 N–H and O–H groups in total. The first kappa shape index (κ1) is 15.7. The second-order valence-electron chi connectivity index (χ2n) is 4.35. The summed E-state index contributed by atoms with van der Waals surface area (Å²) in [6.07, 6.45) is 0. The van der Waals surface area contributed by atoms with E-state index in [9.17, 15) is 0 Å². The van der Waals surface area contributed by atoms with Gasteiger partial charge in [0, 0.05) is 5.33 Å². The van der Waals surface area contributed by atoms with E-state index in [1.165, 1.54) is 5.56 Å². The van der Waals surface area contributed by atoms with Crippen LogP contribution < -0.4 is 14.2 Å². The molecular formula is C17H19BrO3. The number of hydrogen-bond acceptors (Lipinski definition) is 3. The third-order valence-electron chi connectivity index (χ3n) is 2.84. The molecule has 0 unspecified atom stereocenters.